The number of nitrogens with zero attached hydrogens (tertiary/aromatic N) is 1. The molecule has 1 heterocycles. The molecule has 1 aromatic heterocycles. The molecule has 0 aliphatic carbocycles. The van der Waals surface area contributed by atoms with Crippen molar-refractivity contribution < 1.29 is 9.53 Å². The monoisotopic (exact) mass is 209 g/mol. The van der Waals surface area contributed by atoms with Crippen molar-refractivity contribution >= 4 is 17.3 Å². The zero-order valence-electron chi connectivity index (χ0n) is 8.33. The third kappa shape index (κ3) is 1.94. The van der Waals surface area contributed by atoms with Crippen LogP contribution in [0.25, 0.3) is 0 Å². The van der Waals surface area contributed by atoms with E-state index in [0.29, 0.717) is 4.88 Å². The largest absolute Gasteiger partial charge is 0.465 e. The number of carbonyl (C=O) groups is 1. The molecule has 0 saturated carbocycles. The van der Waals surface area contributed by atoms with E-state index in [1.54, 1.807) is 12.1 Å². The summed E-state index contributed by atoms with van der Waals surface area (Å²) in [5.74, 6) is -0.352. The first kappa shape index (κ1) is 10.7. The second-order valence-corrected chi connectivity index (χ2v) is 4.48. The molecule has 1 aromatic rings. The van der Waals surface area contributed by atoms with Crippen LogP contribution in [-0.2, 0) is 10.2 Å². The van der Waals surface area contributed by atoms with Gasteiger partial charge in [0.05, 0.1) is 18.6 Å². The predicted octanol–water partition coefficient (Wildman–Crippen LogP) is 2.34. The molecular formula is C10H11NO2S. The average molecular weight is 209 g/mol. The maximum atomic E-state index is 11.1. The highest BCUT2D eigenvalue weighted by atomic mass is 32.1. The van der Waals surface area contributed by atoms with Gasteiger partial charge in [0, 0.05) is 4.88 Å². The van der Waals surface area contributed by atoms with Gasteiger partial charge in [-0.2, -0.15) is 5.26 Å². The van der Waals surface area contributed by atoms with E-state index in [2.05, 4.69) is 10.8 Å². The zero-order chi connectivity index (χ0) is 10.8. The number of nitriles is 1. The van der Waals surface area contributed by atoms with Gasteiger partial charge in [0.15, 0.2) is 0 Å². The molecule has 1 rings (SSSR count). The fourth-order valence-electron chi connectivity index (χ4n) is 0.939. The molecule has 0 fully saturated rings. The van der Waals surface area contributed by atoms with E-state index in [4.69, 9.17) is 5.26 Å². The number of hydrogen-bond donors (Lipinski definition) is 0. The third-order valence-electron chi connectivity index (χ3n) is 1.89. The van der Waals surface area contributed by atoms with Gasteiger partial charge in [-0.05, 0) is 26.0 Å². The number of thiophene rings is 1. The molecule has 0 amide bonds. The molecule has 0 N–H and O–H groups in total. The number of ether oxygens (including phenoxy) is 1. The minimum atomic E-state index is -0.545. The molecule has 0 aromatic carbocycles. The number of hydrogen-bond acceptors (Lipinski definition) is 4. The molecule has 0 radical (unpaired) electrons. The Hall–Kier alpha value is -1.34. The summed E-state index contributed by atoms with van der Waals surface area (Å²) in [4.78, 5) is 12.6. The van der Waals surface area contributed by atoms with Crippen LogP contribution in [0.2, 0.25) is 0 Å². The van der Waals surface area contributed by atoms with E-state index in [1.807, 2.05) is 13.8 Å². The number of carbonyl (C=O) groups excluding carboxylic acids is 1. The summed E-state index contributed by atoms with van der Waals surface area (Å²) in [5, 5.41) is 8.89. The first-order valence-corrected chi connectivity index (χ1v) is 4.93. The van der Waals surface area contributed by atoms with Gasteiger partial charge in [-0.25, -0.2) is 4.79 Å². The Labute approximate surface area is 86.9 Å². The van der Waals surface area contributed by atoms with Crippen LogP contribution < -0.4 is 0 Å². The van der Waals surface area contributed by atoms with Gasteiger partial charge in [-0.3, -0.25) is 0 Å². The highest BCUT2D eigenvalue weighted by Gasteiger charge is 2.23. The van der Waals surface area contributed by atoms with Crippen molar-refractivity contribution in [2.45, 2.75) is 19.3 Å². The van der Waals surface area contributed by atoms with Crippen molar-refractivity contribution in [3.63, 3.8) is 0 Å². The Morgan fingerprint density at radius 2 is 2.21 bits per heavy atom. The summed E-state index contributed by atoms with van der Waals surface area (Å²) in [6.45, 7) is 3.64. The quantitative estimate of drug-likeness (QED) is 0.702. The summed E-state index contributed by atoms with van der Waals surface area (Å²) in [7, 11) is 1.34. The highest BCUT2D eigenvalue weighted by Crippen LogP contribution is 2.29. The highest BCUT2D eigenvalue weighted by molar-refractivity contribution is 7.14. The van der Waals surface area contributed by atoms with Crippen LogP contribution in [-0.4, -0.2) is 13.1 Å². The SMILES string of the molecule is COC(=O)c1ccc(C(C)(C)C#N)s1. The lowest BCUT2D eigenvalue weighted by Gasteiger charge is -2.11. The average Bonchev–Trinajstić information content (AvgIpc) is 2.66. The van der Waals surface area contributed by atoms with Crippen LogP contribution in [0.15, 0.2) is 12.1 Å². The fourth-order valence-corrected chi connectivity index (χ4v) is 1.92. The maximum Gasteiger partial charge on any atom is 0.348 e. The Morgan fingerprint density at radius 1 is 1.57 bits per heavy atom. The second-order valence-electron chi connectivity index (χ2n) is 3.39. The van der Waals surface area contributed by atoms with E-state index < -0.39 is 5.41 Å². The summed E-state index contributed by atoms with van der Waals surface area (Å²) in [6, 6.07) is 5.66. The van der Waals surface area contributed by atoms with Crippen molar-refractivity contribution in [2.75, 3.05) is 7.11 Å². The van der Waals surface area contributed by atoms with Gasteiger partial charge in [-0.1, -0.05) is 0 Å². The second kappa shape index (κ2) is 3.81. The van der Waals surface area contributed by atoms with Gasteiger partial charge in [-0.15, -0.1) is 11.3 Å². The summed E-state index contributed by atoms with van der Waals surface area (Å²) in [6.07, 6.45) is 0. The predicted molar refractivity (Wildman–Crippen MR) is 54.3 cm³/mol. The van der Waals surface area contributed by atoms with Gasteiger partial charge < -0.3 is 4.74 Å². The number of methoxy groups -OCH3 is 1. The van der Waals surface area contributed by atoms with E-state index in [1.165, 1.54) is 18.4 Å². The van der Waals surface area contributed by atoms with Gasteiger partial charge in [0.25, 0.3) is 0 Å². The van der Waals surface area contributed by atoms with Crippen molar-refractivity contribution in [3.05, 3.63) is 21.9 Å². The fraction of sp³-hybridized carbons (Fsp3) is 0.400. The van der Waals surface area contributed by atoms with E-state index >= 15 is 0 Å². The lowest BCUT2D eigenvalue weighted by Crippen LogP contribution is -2.11. The van der Waals surface area contributed by atoms with Crippen molar-refractivity contribution in [2.24, 2.45) is 0 Å². The third-order valence-corrected chi connectivity index (χ3v) is 3.28. The minimum Gasteiger partial charge on any atom is -0.465 e. The molecule has 3 nitrogen and oxygen atoms in total. The van der Waals surface area contributed by atoms with Crippen molar-refractivity contribution in [3.8, 4) is 6.07 Å². The molecule has 0 aliphatic heterocycles. The summed E-state index contributed by atoms with van der Waals surface area (Å²) >= 11 is 1.30. The smallest absolute Gasteiger partial charge is 0.348 e. The molecule has 0 atom stereocenters. The normalized spacial score (nSPS) is 10.7. The Balaban J connectivity index is 3.01. The summed E-state index contributed by atoms with van der Waals surface area (Å²) in [5.41, 5.74) is -0.545. The Kier molecular flexibility index (Phi) is 2.92. The standard InChI is InChI=1S/C10H11NO2S/c1-10(2,6-11)8-5-4-7(14-8)9(12)13-3/h4-5H,1-3H3. The first-order chi connectivity index (χ1) is 6.51. The van der Waals surface area contributed by atoms with E-state index in [9.17, 15) is 4.79 Å². The maximum absolute atomic E-state index is 11.1. The molecule has 0 unspecified atom stereocenters. The molecule has 0 spiro atoms. The molecular weight excluding hydrogens is 198 g/mol. The van der Waals surface area contributed by atoms with E-state index in [-0.39, 0.29) is 5.97 Å². The van der Waals surface area contributed by atoms with E-state index in [0.717, 1.165) is 4.88 Å². The lowest BCUT2D eigenvalue weighted by atomic mass is 9.94. The lowest BCUT2D eigenvalue weighted by molar-refractivity contribution is 0.0606. The Bertz CT molecular complexity index is 387. The number of esters is 1. The van der Waals surface area contributed by atoms with Crippen LogP contribution in [0.5, 0.6) is 0 Å². The topological polar surface area (TPSA) is 50.1 Å². The molecule has 0 aliphatic rings. The van der Waals surface area contributed by atoms with Crippen molar-refractivity contribution in [1.29, 1.82) is 5.26 Å². The number of rotatable bonds is 2. The van der Waals surface area contributed by atoms with Crippen molar-refractivity contribution in [1.82, 2.24) is 0 Å². The Morgan fingerprint density at radius 3 is 2.71 bits per heavy atom. The zero-order valence-corrected chi connectivity index (χ0v) is 9.14. The van der Waals surface area contributed by atoms with Gasteiger partial charge in [0.1, 0.15) is 4.88 Å². The van der Waals surface area contributed by atoms with Crippen LogP contribution in [0.3, 0.4) is 0 Å². The molecule has 0 bridgehead atoms. The molecule has 4 heteroatoms. The van der Waals surface area contributed by atoms with Crippen LogP contribution >= 0.6 is 11.3 Å². The van der Waals surface area contributed by atoms with Gasteiger partial charge in [0.2, 0.25) is 0 Å². The molecule has 0 saturated heterocycles. The first-order valence-electron chi connectivity index (χ1n) is 4.11. The molecule has 14 heavy (non-hydrogen) atoms. The van der Waals surface area contributed by atoms with Crippen LogP contribution in [0.1, 0.15) is 28.4 Å². The summed E-state index contributed by atoms with van der Waals surface area (Å²) < 4.78 is 4.58. The van der Waals surface area contributed by atoms with Crippen LogP contribution in [0.4, 0.5) is 0 Å². The van der Waals surface area contributed by atoms with Crippen LogP contribution in [0, 0.1) is 11.3 Å². The molecule has 74 valence electrons. The minimum absolute atomic E-state index is 0.352. The van der Waals surface area contributed by atoms with Gasteiger partial charge >= 0.3 is 5.97 Å².